The number of nitrogens with zero attached hydrogens (tertiary/aromatic N) is 1. The van der Waals surface area contributed by atoms with Gasteiger partial charge < -0.3 is 14.7 Å². The number of amides is 1. The zero-order chi connectivity index (χ0) is 13.8. The highest BCUT2D eigenvalue weighted by atomic mass is 16.5. The summed E-state index contributed by atoms with van der Waals surface area (Å²) in [4.78, 5) is 24.4. The molecule has 0 aliphatic carbocycles. The van der Waals surface area contributed by atoms with Gasteiger partial charge in [-0.15, -0.1) is 0 Å². The smallest absolute Gasteiger partial charge is 0.336 e. The molecule has 1 unspecified atom stereocenters. The molecule has 1 amide bonds. The number of hydrogen-bond acceptors (Lipinski definition) is 3. The topological polar surface area (TPSA) is 66.8 Å². The Kier molecular flexibility index (Phi) is 4.44. The summed E-state index contributed by atoms with van der Waals surface area (Å²) in [6.07, 6.45) is 0. The second-order valence-electron chi connectivity index (χ2n) is 4.04. The first-order valence-corrected chi connectivity index (χ1v) is 5.49. The van der Waals surface area contributed by atoms with Gasteiger partial charge in [-0.1, -0.05) is 30.3 Å². The SMILES string of the molecule is COCC(C(=O)O)(c1ccccc1)N(C)C(C)=O. The van der Waals surface area contributed by atoms with Crippen molar-refractivity contribution in [3.63, 3.8) is 0 Å². The van der Waals surface area contributed by atoms with E-state index in [-0.39, 0.29) is 12.5 Å². The normalized spacial score (nSPS) is 13.7. The standard InChI is InChI=1S/C13H17NO4/c1-10(15)14(2)13(9-18-3,12(16)17)11-7-5-4-6-8-11/h4-8H,9H2,1-3H3,(H,16,17). The number of methoxy groups -OCH3 is 1. The van der Waals surface area contributed by atoms with Crippen LogP contribution in [0.1, 0.15) is 12.5 Å². The van der Waals surface area contributed by atoms with E-state index in [1.807, 2.05) is 0 Å². The molecule has 1 aromatic carbocycles. The average Bonchev–Trinajstić information content (AvgIpc) is 2.35. The Morgan fingerprint density at radius 2 is 1.89 bits per heavy atom. The third kappa shape index (κ3) is 2.36. The van der Waals surface area contributed by atoms with Gasteiger partial charge in [0.15, 0.2) is 5.54 Å². The highest BCUT2D eigenvalue weighted by Gasteiger charge is 2.46. The molecule has 5 nitrogen and oxygen atoms in total. The van der Waals surface area contributed by atoms with Crippen LogP contribution in [0.25, 0.3) is 0 Å². The fourth-order valence-electron chi connectivity index (χ4n) is 1.89. The molecular weight excluding hydrogens is 234 g/mol. The molecule has 1 aromatic rings. The zero-order valence-corrected chi connectivity index (χ0v) is 10.7. The van der Waals surface area contributed by atoms with Crippen LogP contribution >= 0.6 is 0 Å². The average molecular weight is 251 g/mol. The summed E-state index contributed by atoms with van der Waals surface area (Å²) in [6.45, 7) is 1.22. The summed E-state index contributed by atoms with van der Waals surface area (Å²) >= 11 is 0. The van der Waals surface area contributed by atoms with E-state index in [2.05, 4.69) is 0 Å². The molecule has 0 aliphatic rings. The Hall–Kier alpha value is -1.88. The number of aliphatic carboxylic acids is 1. The molecule has 0 saturated heterocycles. The summed E-state index contributed by atoms with van der Waals surface area (Å²) in [5.41, 5.74) is -0.987. The Labute approximate surface area is 106 Å². The van der Waals surface area contributed by atoms with Crippen molar-refractivity contribution < 1.29 is 19.4 Å². The molecule has 1 rings (SSSR count). The van der Waals surface area contributed by atoms with Crippen LogP contribution in [0.4, 0.5) is 0 Å². The van der Waals surface area contributed by atoms with E-state index in [9.17, 15) is 14.7 Å². The van der Waals surface area contributed by atoms with E-state index >= 15 is 0 Å². The lowest BCUT2D eigenvalue weighted by Crippen LogP contribution is -2.55. The Morgan fingerprint density at radius 3 is 2.28 bits per heavy atom. The van der Waals surface area contributed by atoms with E-state index < -0.39 is 11.5 Å². The molecule has 0 saturated carbocycles. The highest BCUT2D eigenvalue weighted by Crippen LogP contribution is 2.28. The number of carboxylic acid groups (broad SMARTS) is 1. The van der Waals surface area contributed by atoms with Crippen LogP contribution in [0.5, 0.6) is 0 Å². The van der Waals surface area contributed by atoms with Gasteiger partial charge in [-0.3, -0.25) is 4.79 Å². The maximum Gasteiger partial charge on any atom is 0.336 e. The predicted octanol–water partition coefficient (Wildman–Crippen LogP) is 1.09. The second-order valence-corrected chi connectivity index (χ2v) is 4.04. The van der Waals surface area contributed by atoms with E-state index in [1.54, 1.807) is 30.3 Å². The number of benzene rings is 1. The molecule has 0 aromatic heterocycles. The maximum absolute atomic E-state index is 11.7. The molecule has 0 fully saturated rings. The molecule has 18 heavy (non-hydrogen) atoms. The monoisotopic (exact) mass is 251 g/mol. The molecule has 5 heteroatoms. The maximum atomic E-state index is 11.7. The number of carboxylic acids is 1. The predicted molar refractivity (Wildman–Crippen MR) is 66.1 cm³/mol. The van der Waals surface area contributed by atoms with E-state index in [4.69, 9.17) is 4.74 Å². The minimum atomic E-state index is -1.50. The first-order chi connectivity index (χ1) is 8.46. The van der Waals surface area contributed by atoms with Crippen LogP contribution in [0, 0.1) is 0 Å². The number of likely N-dealkylation sites (N-methyl/N-ethyl adjacent to an activating group) is 1. The van der Waals surface area contributed by atoms with Gasteiger partial charge in [-0.25, -0.2) is 4.79 Å². The van der Waals surface area contributed by atoms with E-state index in [1.165, 1.54) is 26.0 Å². The molecule has 1 atom stereocenters. The van der Waals surface area contributed by atoms with Crippen molar-refractivity contribution in [3.05, 3.63) is 35.9 Å². The fraction of sp³-hybridized carbons (Fsp3) is 0.385. The van der Waals surface area contributed by atoms with Crippen molar-refractivity contribution in [1.29, 1.82) is 0 Å². The third-order valence-electron chi connectivity index (χ3n) is 3.00. The minimum absolute atomic E-state index is 0.109. The zero-order valence-electron chi connectivity index (χ0n) is 10.7. The van der Waals surface area contributed by atoms with Gasteiger partial charge in [0, 0.05) is 21.1 Å². The van der Waals surface area contributed by atoms with Crippen LogP contribution in [0.3, 0.4) is 0 Å². The lowest BCUT2D eigenvalue weighted by atomic mass is 9.89. The molecule has 0 aliphatic heterocycles. The first kappa shape index (κ1) is 14.2. The summed E-state index contributed by atoms with van der Waals surface area (Å²) in [5.74, 6) is -1.45. The minimum Gasteiger partial charge on any atom is -0.479 e. The molecule has 0 heterocycles. The fourth-order valence-corrected chi connectivity index (χ4v) is 1.89. The summed E-state index contributed by atoms with van der Waals surface area (Å²) in [5, 5.41) is 9.55. The van der Waals surface area contributed by atoms with Crippen molar-refractivity contribution in [1.82, 2.24) is 4.90 Å². The van der Waals surface area contributed by atoms with Crippen molar-refractivity contribution in [2.75, 3.05) is 20.8 Å². The highest BCUT2D eigenvalue weighted by molar-refractivity contribution is 5.87. The van der Waals surface area contributed by atoms with Gasteiger partial charge in [0.25, 0.3) is 0 Å². The van der Waals surface area contributed by atoms with Crippen LogP contribution in [-0.4, -0.2) is 42.6 Å². The molecule has 98 valence electrons. The van der Waals surface area contributed by atoms with Gasteiger partial charge in [-0.2, -0.15) is 0 Å². The second kappa shape index (κ2) is 5.64. The number of rotatable bonds is 5. The molecule has 0 radical (unpaired) electrons. The molecule has 0 bridgehead atoms. The van der Waals surface area contributed by atoms with Crippen LogP contribution in [0.15, 0.2) is 30.3 Å². The van der Waals surface area contributed by atoms with Gasteiger partial charge in [0.2, 0.25) is 5.91 Å². The third-order valence-corrected chi connectivity index (χ3v) is 3.00. The number of hydrogen-bond donors (Lipinski definition) is 1. The van der Waals surface area contributed by atoms with Gasteiger partial charge in [0.05, 0.1) is 6.61 Å². The summed E-state index contributed by atoms with van der Waals surface area (Å²) in [7, 11) is 2.87. The van der Waals surface area contributed by atoms with Crippen LogP contribution in [-0.2, 0) is 19.9 Å². The van der Waals surface area contributed by atoms with Crippen molar-refractivity contribution in [3.8, 4) is 0 Å². The largest absolute Gasteiger partial charge is 0.479 e. The van der Waals surface area contributed by atoms with E-state index in [0.717, 1.165) is 0 Å². The molecule has 0 spiro atoms. The Morgan fingerprint density at radius 1 is 1.33 bits per heavy atom. The van der Waals surface area contributed by atoms with Gasteiger partial charge in [-0.05, 0) is 5.56 Å². The lowest BCUT2D eigenvalue weighted by molar-refractivity contribution is -0.162. The van der Waals surface area contributed by atoms with Gasteiger partial charge in [0.1, 0.15) is 0 Å². The quantitative estimate of drug-likeness (QED) is 0.850. The lowest BCUT2D eigenvalue weighted by Gasteiger charge is -2.37. The Bertz CT molecular complexity index is 432. The summed E-state index contributed by atoms with van der Waals surface area (Å²) in [6, 6.07) is 8.60. The van der Waals surface area contributed by atoms with Crippen molar-refractivity contribution in [2.45, 2.75) is 12.5 Å². The molecule has 1 N–H and O–H groups in total. The van der Waals surface area contributed by atoms with Crippen molar-refractivity contribution >= 4 is 11.9 Å². The number of carbonyl (C=O) groups is 2. The summed E-state index contributed by atoms with van der Waals surface area (Å²) < 4.78 is 5.02. The van der Waals surface area contributed by atoms with Gasteiger partial charge >= 0.3 is 5.97 Å². The number of ether oxygens (including phenoxy) is 1. The first-order valence-electron chi connectivity index (χ1n) is 5.49. The van der Waals surface area contributed by atoms with Crippen molar-refractivity contribution in [2.24, 2.45) is 0 Å². The number of carbonyl (C=O) groups excluding carboxylic acids is 1. The Balaban J connectivity index is 3.40. The van der Waals surface area contributed by atoms with Crippen LogP contribution in [0.2, 0.25) is 0 Å². The van der Waals surface area contributed by atoms with Crippen LogP contribution < -0.4 is 0 Å². The van der Waals surface area contributed by atoms with E-state index in [0.29, 0.717) is 5.56 Å². The molecular formula is C13H17NO4.